The van der Waals surface area contributed by atoms with Gasteiger partial charge in [0.1, 0.15) is 6.10 Å². The van der Waals surface area contributed by atoms with E-state index in [0.29, 0.717) is 0 Å². The van der Waals surface area contributed by atoms with Crippen LogP contribution in [0.25, 0.3) is 0 Å². The van der Waals surface area contributed by atoms with E-state index < -0.39 is 0 Å². The van der Waals surface area contributed by atoms with Crippen molar-refractivity contribution in [2.24, 2.45) is 0 Å². The highest BCUT2D eigenvalue weighted by atomic mass is 79.9. The Morgan fingerprint density at radius 3 is 2.27 bits per heavy atom. The Hall–Kier alpha value is 1.50. The molecule has 0 amide bonds. The molecule has 0 aromatic rings. The van der Waals surface area contributed by atoms with Crippen LogP contribution in [0.5, 0.6) is 0 Å². The second-order valence-corrected chi connectivity index (χ2v) is 9.20. The van der Waals surface area contributed by atoms with Crippen LogP contribution in [0.4, 0.5) is 0 Å². The van der Waals surface area contributed by atoms with Crippen LogP contribution in [0.2, 0.25) is 0 Å². The normalized spacial score (nSPS) is 29.4. The molecule has 0 bridgehead atoms. The van der Waals surface area contributed by atoms with Crippen molar-refractivity contribution in [3.05, 3.63) is 0 Å². The molecule has 15 heavy (non-hydrogen) atoms. The number of alkyl halides is 4. The highest BCUT2D eigenvalue weighted by Crippen LogP contribution is 2.41. The third-order valence-electron chi connectivity index (χ3n) is 2.73. The van der Waals surface area contributed by atoms with Gasteiger partial charge in [-0.3, -0.25) is 0 Å². The zero-order chi connectivity index (χ0) is 11.9. The molecule has 0 N–H and O–H groups in total. The van der Waals surface area contributed by atoms with Crippen molar-refractivity contribution in [2.75, 3.05) is 6.61 Å². The van der Waals surface area contributed by atoms with E-state index in [2.05, 4.69) is 45.7 Å². The lowest BCUT2D eigenvalue weighted by Crippen LogP contribution is -2.39. The smallest absolute Gasteiger partial charge is 0.101 e. The van der Waals surface area contributed by atoms with E-state index >= 15 is 0 Å². The van der Waals surface area contributed by atoms with Gasteiger partial charge in [-0.2, -0.15) is 0 Å². The number of epoxide rings is 1. The minimum absolute atomic E-state index is 0.0266. The Morgan fingerprint density at radius 1 is 1.47 bits per heavy atom. The molecule has 1 nitrogen and oxygen atoms in total. The standard InChI is InChI=1S/C10H16Br2Cl2O/c1-9(2,12)7(13)4-6(11)10(3,14)8-5-15-8/h6-8H,4-5H2,1-3H3/t6-,7-,8+,10-/m1/s1. The lowest BCUT2D eigenvalue weighted by atomic mass is 9.96. The second kappa shape index (κ2) is 5.01. The van der Waals surface area contributed by atoms with Crippen LogP contribution in [0.15, 0.2) is 0 Å². The molecule has 0 saturated carbocycles. The van der Waals surface area contributed by atoms with Crippen molar-refractivity contribution < 1.29 is 4.74 Å². The van der Waals surface area contributed by atoms with Crippen molar-refractivity contribution in [3.8, 4) is 0 Å². The van der Waals surface area contributed by atoms with Gasteiger partial charge < -0.3 is 4.74 Å². The van der Waals surface area contributed by atoms with Crippen molar-refractivity contribution in [3.63, 3.8) is 0 Å². The Morgan fingerprint density at radius 2 is 1.93 bits per heavy atom. The van der Waals surface area contributed by atoms with Crippen molar-refractivity contribution >= 4 is 55.1 Å². The summed E-state index contributed by atoms with van der Waals surface area (Å²) in [5.74, 6) is 0. The van der Waals surface area contributed by atoms with E-state index in [1.807, 2.05) is 6.92 Å². The average molecular weight is 383 g/mol. The fourth-order valence-electron chi connectivity index (χ4n) is 1.27. The summed E-state index contributed by atoms with van der Waals surface area (Å²) >= 11 is 19.9. The zero-order valence-corrected chi connectivity index (χ0v) is 13.8. The van der Waals surface area contributed by atoms with Crippen molar-refractivity contribution in [2.45, 2.75) is 52.7 Å². The number of hydrogen-bond acceptors (Lipinski definition) is 1. The van der Waals surface area contributed by atoms with Gasteiger partial charge in [-0.15, -0.1) is 23.2 Å². The number of halogens is 4. The van der Waals surface area contributed by atoms with Gasteiger partial charge in [-0.25, -0.2) is 0 Å². The third kappa shape index (κ3) is 4.02. The van der Waals surface area contributed by atoms with Crippen molar-refractivity contribution in [1.82, 2.24) is 0 Å². The molecule has 4 atom stereocenters. The molecule has 0 aliphatic carbocycles. The van der Waals surface area contributed by atoms with Crippen LogP contribution in [0.3, 0.4) is 0 Å². The Kier molecular flexibility index (Phi) is 4.86. The van der Waals surface area contributed by atoms with Crippen LogP contribution >= 0.6 is 55.1 Å². The van der Waals surface area contributed by atoms with Gasteiger partial charge in [-0.05, 0) is 27.2 Å². The topological polar surface area (TPSA) is 12.5 Å². The van der Waals surface area contributed by atoms with Crippen LogP contribution in [0.1, 0.15) is 27.2 Å². The summed E-state index contributed by atoms with van der Waals surface area (Å²) in [6, 6.07) is 0. The SMILES string of the molecule is CC(C)(Br)[C@H](Cl)C[C@@H](Br)[C@@](C)(Cl)[C@@H]1CO1. The summed E-state index contributed by atoms with van der Waals surface area (Å²) in [5.41, 5.74) is 0. The summed E-state index contributed by atoms with van der Waals surface area (Å²) in [4.78, 5) is -0.218. The predicted molar refractivity (Wildman–Crippen MR) is 74.0 cm³/mol. The highest BCUT2D eigenvalue weighted by Gasteiger charge is 2.47. The van der Waals surface area contributed by atoms with Gasteiger partial charge in [-0.1, -0.05) is 31.9 Å². The summed E-state index contributed by atoms with van der Waals surface area (Å²) < 4.78 is 5.16. The summed E-state index contributed by atoms with van der Waals surface area (Å²) in [6.07, 6.45) is 0.963. The molecule has 1 aliphatic heterocycles. The first-order valence-electron chi connectivity index (χ1n) is 4.93. The van der Waals surface area contributed by atoms with E-state index in [9.17, 15) is 0 Å². The molecule has 5 heteroatoms. The largest absolute Gasteiger partial charge is 0.371 e. The molecule has 1 fully saturated rings. The van der Waals surface area contributed by atoms with E-state index in [4.69, 9.17) is 27.9 Å². The van der Waals surface area contributed by atoms with Gasteiger partial charge in [0.05, 0.1) is 11.5 Å². The van der Waals surface area contributed by atoms with Crippen LogP contribution in [0, 0.1) is 0 Å². The molecule has 1 aliphatic rings. The molecule has 1 rings (SSSR count). The number of ether oxygens (including phenoxy) is 1. The molecular formula is C10H16Br2Cl2O. The second-order valence-electron chi connectivity index (χ2n) is 4.71. The van der Waals surface area contributed by atoms with E-state index in [1.165, 1.54) is 0 Å². The first-order chi connectivity index (χ1) is 6.65. The van der Waals surface area contributed by atoms with Crippen LogP contribution in [-0.4, -0.2) is 32.1 Å². The van der Waals surface area contributed by atoms with Crippen molar-refractivity contribution in [1.29, 1.82) is 0 Å². The van der Waals surface area contributed by atoms with E-state index in [0.717, 1.165) is 13.0 Å². The predicted octanol–water partition coefficient (Wildman–Crippen LogP) is 4.32. The first-order valence-corrected chi connectivity index (χ1v) is 7.45. The molecule has 0 aromatic carbocycles. The van der Waals surface area contributed by atoms with Gasteiger partial charge in [0.25, 0.3) is 0 Å². The molecule has 0 radical (unpaired) electrons. The molecule has 1 saturated heterocycles. The van der Waals surface area contributed by atoms with Crippen LogP contribution < -0.4 is 0 Å². The van der Waals surface area contributed by atoms with E-state index in [1.54, 1.807) is 0 Å². The quantitative estimate of drug-likeness (QED) is 0.509. The molecular weight excluding hydrogens is 367 g/mol. The first kappa shape index (κ1) is 14.6. The number of hydrogen-bond donors (Lipinski definition) is 0. The minimum atomic E-state index is -0.370. The third-order valence-corrected chi connectivity index (χ3v) is 6.37. The lowest BCUT2D eigenvalue weighted by Gasteiger charge is -2.31. The number of rotatable bonds is 5. The van der Waals surface area contributed by atoms with Gasteiger partial charge in [0.15, 0.2) is 0 Å². The summed E-state index contributed by atoms with van der Waals surface area (Å²) in [7, 11) is 0. The van der Waals surface area contributed by atoms with Gasteiger partial charge in [0.2, 0.25) is 0 Å². The minimum Gasteiger partial charge on any atom is -0.371 e. The Bertz CT molecular complexity index is 224. The molecule has 1 heterocycles. The van der Waals surface area contributed by atoms with Gasteiger partial charge >= 0.3 is 0 Å². The Labute approximate surface area is 118 Å². The molecule has 0 spiro atoms. The zero-order valence-electron chi connectivity index (χ0n) is 9.07. The summed E-state index contributed by atoms with van der Waals surface area (Å²) in [5, 5.41) is 0.0266. The maximum Gasteiger partial charge on any atom is 0.101 e. The molecule has 0 aromatic heterocycles. The fourth-order valence-corrected chi connectivity index (χ4v) is 2.73. The monoisotopic (exact) mass is 380 g/mol. The maximum atomic E-state index is 6.43. The Balaban J connectivity index is 2.51. The maximum absolute atomic E-state index is 6.43. The highest BCUT2D eigenvalue weighted by molar-refractivity contribution is 9.10. The summed E-state index contributed by atoms with van der Waals surface area (Å²) in [6.45, 7) is 6.87. The van der Waals surface area contributed by atoms with Gasteiger partial charge in [0, 0.05) is 14.5 Å². The lowest BCUT2D eigenvalue weighted by molar-refractivity contribution is 0.349. The van der Waals surface area contributed by atoms with E-state index in [-0.39, 0.29) is 25.5 Å². The average Bonchev–Trinajstić information content (AvgIpc) is 2.83. The molecule has 0 unspecified atom stereocenters. The van der Waals surface area contributed by atoms with Crippen LogP contribution in [-0.2, 0) is 4.74 Å². The fraction of sp³-hybridized carbons (Fsp3) is 1.00. The molecule has 90 valence electrons.